The van der Waals surface area contributed by atoms with Crippen LogP contribution in [0, 0.1) is 5.82 Å². The van der Waals surface area contributed by atoms with Crippen LogP contribution in [0.3, 0.4) is 0 Å². The molecule has 2 aliphatic heterocycles. The Hall–Kier alpha value is -3.39. The molecule has 2 heterocycles. The summed E-state index contributed by atoms with van der Waals surface area (Å²) >= 11 is 0. The molecule has 0 spiro atoms. The molecule has 1 amide bonds. The molecule has 0 aromatic heterocycles. The topological polar surface area (TPSA) is 79.3 Å². The van der Waals surface area contributed by atoms with E-state index in [1.165, 1.54) is 18.2 Å². The molecule has 2 aliphatic rings. The fourth-order valence-corrected chi connectivity index (χ4v) is 3.69. The van der Waals surface area contributed by atoms with Crippen molar-refractivity contribution in [3.63, 3.8) is 0 Å². The molecule has 1 saturated heterocycles. The summed E-state index contributed by atoms with van der Waals surface area (Å²) in [5.74, 6) is -0.138. The predicted molar refractivity (Wildman–Crippen MR) is 111 cm³/mol. The van der Waals surface area contributed by atoms with Gasteiger partial charge in [-0.2, -0.15) is 0 Å². The highest BCUT2D eigenvalue weighted by atomic mass is 19.1. The molecular formula is C23H23FN2O5. The van der Waals surface area contributed by atoms with Crippen LogP contribution < -0.4 is 4.74 Å². The van der Waals surface area contributed by atoms with Gasteiger partial charge in [0.15, 0.2) is 5.76 Å². The zero-order valence-corrected chi connectivity index (χ0v) is 17.1. The van der Waals surface area contributed by atoms with Gasteiger partial charge in [-0.05, 0) is 42.8 Å². The smallest absolute Gasteiger partial charge is 0.409 e. The summed E-state index contributed by atoms with van der Waals surface area (Å²) in [7, 11) is 0. The maximum absolute atomic E-state index is 13.1. The molecular weight excluding hydrogens is 403 g/mol. The molecule has 2 aromatic carbocycles. The normalized spacial score (nSPS) is 17.5. The Bertz CT molecular complexity index is 1030. The Morgan fingerprint density at radius 1 is 1.16 bits per heavy atom. The second-order valence-corrected chi connectivity index (χ2v) is 7.39. The minimum atomic E-state index is -0.362. The van der Waals surface area contributed by atoms with Crippen LogP contribution >= 0.6 is 0 Å². The van der Waals surface area contributed by atoms with E-state index in [2.05, 4.69) is 4.90 Å². The zero-order valence-electron chi connectivity index (χ0n) is 17.1. The lowest BCUT2D eigenvalue weighted by Gasteiger charge is -2.34. The van der Waals surface area contributed by atoms with Crippen LogP contribution in [0.4, 0.5) is 9.18 Å². The number of hydrogen-bond donors (Lipinski definition) is 1. The second-order valence-electron chi connectivity index (χ2n) is 7.39. The summed E-state index contributed by atoms with van der Waals surface area (Å²) in [6.45, 7) is 4.73. The largest absolute Gasteiger partial charge is 0.507 e. The molecule has 1 fully saturated rings. The molecule has 0 unspecified atom stereocenters. The number of allylic oxidation sites excluding steroid dienone is 1. The third-order valence-corrected chi connectivity index (χ3v) is 5.36. The number of fused-ring (bicyclic) bond motifs is 1. The summed E-state index contributed by atoms with van der Waals surface area (Å²) in [6, 6.07) is 8.77. The van der Waals surface area contributed by atoms with Crippen LogP contribution in [0.15, 0.2) is 42.2 Å². The highest BCUT2D eigenvalue weighted by Crippen LogP contribution is 2.40. The van der Waals surface area contributed by atoms with E-state index in [-0.39, 0.29) is 29.2 Å². The highest BCUT2D eigenvalue weighted by Gasteiger charge is 2.32. The molecule has 0 atom stereocenters. The van der Waals surface area contributed by atoms with Gasteiger partial charge in [0.05, 0.1) is 17.7 Å². The van der Waals surface area contributed by atoms with Crippen molar-refractivity contribution in [3.8, 4) is 11.5 Å². The lowest BCUT2D eigenvalue weighted by Crippen LogP contribution is -2.48. The Kier molecular flexibility index (Phi) is 5.90. The minimum absolute atomic E-state index is 0.0439. The van der Waals surface area contributed by atoms with Gasteiger partial charge in [0.25, 0.3) is 0 Å². The monoisotopic (exact) mass is 426 g/mol. The fourth-order valence-electron chi connectivity index (χ4n) is 3.69. The van der Waals surface area contributed by atoms with Gasteiger partial charge in [-0.25, -0.2) is 9.18 Å². The quantitative estimate of drug-likeness (QED) is 0.755. The molecule has 0 saturated carbocycles. The number of hydrogen-bond acceptors (Lipinski definition) is 6. The first-order valence-electron chi connectivity index (χ1n) is 10.1. The lowest BCUT2D eigenvalue weighted by atomic mass is 10.0. The molecule has 2 aromatic rings. The summed E-state index contributed by atoms with van der Waals surface area (Å²) in [6.07, 6.45) is 1.23. The lowest BCUT2D eigenvalue weighted by molar-refractivity contribution is 0.0774. The average molecular weight is 426 g/mol. The molecule has 0 radical (unpaired) electrons. The van der Waals surface area contributed by atoms with Crippen molar-refractivity contribution < 1.29 is 28.6 Å². The number of halogens is 1. The highest BCUT2D eigenvalue weighted by molar-refractivity contribution is 6.15. The van der Waals surface area contributed by atoms with Crippen LogP contribution in [-0.2, 0) is 11.3 Å². The summed E-state index contributed by atoms with van der Waals surface area (Å²) in [4.78, 5) is 28.4. The Morgan fingerprint density at radius 2 is 1.87 bits per heavy atom. The standard InChI is InChI=1S/C23H23FN2O5/c1-2-30-23(29)26-11-9-25(10-12-26)14-18-19(27)8-7-17-21(28)20(31-22(17)18)13-15-3-5-16(24)6-4-15/h3-8,13,27H,2,9-12,14H2,1H3/b20-13-. The van der Waals surface area contributed by atoms with E-state index >= 15 is 0 Å². The second kappa shape index (κ2) is 8.77. The maximum atomic E-state index is 13.1. The molecule has 162 valence electrons. The molecule has 8 heteroatoms. The fraction of sp³-hybridized carbons (Fsp3) is 0.304. The number of phenolic OH excluding ortho intramolecular Hbond substituents is 1. The van der Waals surface area contributed by atoms with Gasteiger partial charge in [-0.3, -0.25) is 9.69 Å². The Balaban J connectivity index is 1.50. The van der Waals surface area contributed by atoms with E-state index in [0.29, 0.717) is 61.8 Å². The number of Topliss-reactive ketones (excluding diaryl/α,β-unsaturated/α-hetero) is 1. The number of amides is 1. The first-order valence-corrected chi connectivity index (χ1v) is 10.1. The number of rotatable bonds is 4. The number of nitrogens with zero attached hydrogens (tertiary/aromatic N) is 2. The average Bonchev–Trinajstić information content (AvgIpc) is 3.08. The molecule has 0 bridgehead atoms. The van der Waals surface area contributed by atoms with E-state index < -0.39 is 0 Å². The van der Waals surface area contributed by atoms with Crippen LogP contribution in [0.25, 0.3) is 6.08 Å². The Morgan fingerprint density at radius 3 is 2.55 bits per heavy atom. The number of carbonyl (C=O) groups is 2. The molecule has 0 aliphatic carbocycles. The van der Waals surface area contributed by atoms with Gasteiger partial charge in [-0.15, -0.1) is 0 Å². The molecule has 1 N–H and O–H groups in total. The van der Waals surface area contributed by atoms with Crippen molar-refractivity contribution in [1.82, 2.24) is 9.80 Å². The van der Waals surface area contributed by atoms with E-state index in [1.807, 2.05) is 0 Å². The van der Waals surface area contributed by atoms with Gasteiger partial charge < -0.3 is 19.5 Å². The molecule has 4 rings (SSSR count). The number of benzene rings is 2. The number of phenols is 1. The number of ketones is 1. The van der Waals surface area contributed by atoms with Crippen molar-refractivity contribution in [1.29, 1.82) is 0 Å². The number of aromatic hydroxyl groups is 1. The molecule has 7 nitrogen and oxygen atoms in total. The van der Waals surface area contributed by atoms with E-state index in [1.54, 1.807) is 36.1 Å². The third kappa shape index (κ3) is 4.39. The van der Waals surface area contributed by atoms with Crippen molar-refractivity contribution in [2.75, 3.05) is 32.8 Å². The van der Waals surface area contributed by atoms with Crippen molar-refractivity contribution >= 4 is 18.0 Å². The van der Waals surface area contributed by atoms with Crippen molar-refractivity contribution in [2.24, 2.45) is 0 Å². The Labute approximate surface area is 179 Å². The predicted octanol–water partition coefficient (Wildman–Crippen LogP) is 3.42. The molecule has 31 heavy (non-hydrogen) atoms. The summed E-state index contributed by atoms with van der Waals surface area (Å²) in [5.41, 5.74) is 1.54. The maximum Gasteiger partial charge on any atom is 0.409 e. The van der Waals surface area contributed by atoms with Crippen LogP contribution in [-0.4, -0.2) is 59.6 Å². The van der Waals surface area contributed by atoms with Gasteiger partial charge in [0, 0.05) is 32.7 Å². The van der Waals surface area contributed by atoms with Gasteiger partial charge in [-0.1, -0.05) is 12.1 Å². The van der Waals surface area contributed by atoms with Crippen molar-refractivity contribution in [2.45, 2.75) is 13.5 Å². The van der Waals surface area contributed by atoms with E-state index in [4.69, 9.17) is 9.47 Å². The van der Waals surface area contributed by atoms with Gasteiger partial charge >= 0.3 is 6.09 Å². The van der Waals surface area contributed by atoms with Crippen LogP contribution in [0.1, 0.15) is 28.4 Å². The van der Waals surface area contributed by atoms with Crippen LogP contribution in [0.2, 0.25) is 0 Å². The minimum Gasteiger partial charge on any atom is -0.507 e. The SMILES string of the molecule is CCOC(=O)N1CCN(Cc2c(O)ccc3c2O/C(=C\c2ccc(F)cc2)C3=O)CC1. The third-order valence-electron chi connectivity index (χ3n) is 5.36. The van der Waals surface area contributed by atoms with Gasteiger partial charge in [0.1, 0.15) is 17.3 Å². The van der Waals surface area contributed by atoms with E-state index in [9.17, 15) is 19.1 Å². The van der Waals surface area contributed by atoms with E-state index in [0.717, 1.165) is 0 Å². The van der Waals surface area contributed by atoms with Gasteiger partial charge in [0.2, 0.25) is 5.78 Å². The first kappa shape index (κ1) is 20.9. The number of ether oxygens (including phenoxy) is 2. The summed E-state index contributed by atoms with van der Waals surface area (Å²) < 4.78 is 24.0. The summed E-state index contributed by atoms with van der Waals surface area (Å²) in [5, 5.41) is 10.4. The first-order chi connectivity index (χ1) is 15.0. The zero-order chi connectivity index (χ0) is 22.0. The number of carbonyl (C=O) groups excluding carboxylic acids is 2. The van der Waals surface area contributed by atoms with Crippen molar-refractivity contribution in [3.05, 3.63) is 64.7 Å². The van der Waals surface area contributed by atoms with Crippen LogP contribution in [0.5, 0.6) is 11.5 Å². The number of piperazine rings is 1.